The molecule has 1 aromatic carbocycles. The molecule has 0 unspecified atom stereocenters. The minimum Gasteiger partial charge on any atom is -0.478 e. The van der Waals surface area contributed by atoms with E-state index >= 15 is 0 Å². The van der Waals surface area contributed by atoms with Crippen LogP contribution in [0.5, 0.6) is 0 Å². The number of rotatable bonds is 5. The number of hydrogen-bond donors (Lipinski definition) is 2. The second-order valence-corrected chi connectivity index (χ2v) is 5.91. The van der Waals surface area contributed by atoms with E-state index in [9.17, 15) is 13.2 Å². The monoisotopic (exact) mass is 301 g/mol. The van der Waals surface area contributed by atoms with Gasteiger partial charge in [-0.2, -0.15) is 0 Å². The topological polar surface area (TPSA) is 83.5 Å². The van der Waals surface area contributed by atoms with Crippen molar-refractivity contribution in [3.05, 3.63) is 28.3 Å². The normalized spacial score (nSPS) is 11.0. The van der Waals surface area contributed by atoms with Crippen molar-refractivity contribution in [3.8, 4) is 12.3 Å². The van der Waals surface area contributed by atoms with Crippen LogP contribution < -0.4 is 4.72 Å². The number of carboxylic acids is 1. The molecule has 0 bridgehead atoms. The van der Waals surface area contributed by atoms with Crippen LogP contribution in [0.25, 0.3) is 0 Å². The van der Waals surface area contributed by atoms with Crippen LogP contribution in [0.3, 0.4) is 0 Å². The molecular formula is C12H12ClNO4S. The quantitative estimate of drug-likeness (QED) is 0.640. The summed E-state index contributed by atoms with van der Waals surface area (Å²) in [5, 5.41) is 9.04. The molecule has 0 aliphatic rings. The van der Waals surface area contributed by atoms with Gasteiger partial charge < -0.3 is 5.11 Å². The molecule has 0 spiro atoms. The Kier molecular flexibility index (Phi) is 4.95. The number of benzene rings is 1. The van der Waals surface area contributed by atoms with Crippen molar-refractivity contribution in [1.82, 2.24) is 4.72 Å². The molecule has 0 aromatic heterocycles. The Morgan fingerprint density at radius 3 is 2.68 bits per heavy atom. The van der Waals surface area contributed by atoms with Gasteiger partial charge in [0.1, 0.15) is 0 Å². The highest BCUT2D eigenvalue weighted by molar-refractivity contribution is 7.89. The van der Waals surface area contributed by atoms with Crippen LogP contribution in [-0.2, 0) is 10.0 Å². The molecule has 102 valence electrons. The Morgan fingerprint density at radius 2 is 2.16 bits per heavy atom. The van der Waals surface area contributed by atoms with Crippen LogP contribution in [0.4, 0.5) is 0 Å². The number of aromatic carboxylic acids is 1. The zero-order chi connectivity index (χ0) is 14.6. The maximum Gasteiger partial charge on any atom is 0.336 e. The summed E-state index contributed by atoms with van der Waals surface area (Å²) in [7, 11) is -3.84. The summed E-state index contributed by atoms with van der Waals surface area (Å²) < 4.78 is 26.3. The average Bonchev–Trinajstić information content (AvgIpc) is 2.31. The summed E-state index contributed by atoms with van der Waals surface area (Å²) >= 11 is 5.75. The second kappa shape index (κ2) is 6.06. The molecule has 7 heteroatoms. The summed E-state index contributed by atoms with van der Waals surface area (Å²) in [6.07, 6.45) is 5.27. The Balaban J connectivity index is 3.27. The number of hydrogen-bond acceptors (Lipinski definition) is 3. The van der Waals surface area contributed by atoms with Crippen molar-refractivity contribution in [2.24, 2.45) is 0 Å². The Labute approximate surface area is 116 Å². The minimum atomic E-state index is -3.84. The molecule has 2 N–H and O–H groups in total. The molecule has 0 saturated heterocycles. The first kappa shape index (κ1) is 15.5. The fourth-order valence-corrected chi connectivity index (χ4v) is 3.09. The SMILES string of the molecule is C#CCCNS(=O)(=O)c1cc(Cl)cc(C(=O)O)c1C. The van der Waals surface area contributed by atoms with Crippen molar-refractivity contribution >= 4 is 27.6 Å². The van der Waals surface area contributed by atoms with Gasteiger partial charge in [0, 0.05) is 18.0 Å². The van der Waals surface area contributed by atoms with E-state index in [1.165, 1.54) is 19.1 Å². The summed E-state index contributed by atoms with van der Waals surface area (Å²) in [6, 6.07) is 2.42. The fraction of sp³-hybridized carbons (Fsp3) is 0.250. The Hall–Kier alpha value is -1.55. The number of sulfonamides is 1. The van der Waals surface area contributed by atoms with Gasteiger partial charge >= 0.3 is 5.97 Å². The number of nitrogens with one attached hydrogen (secondary N) is 1. The first-order valence-electron chi connectivity index (χ1n) is 5.26. The first-order chi connectivity index (χ1) is 8.79. The van der Waals surface area contributed by atoms with E-state index in [1.807, 2.05) is 0 Å². The van der Waals surface area contributed by atoms with Gasteiger partial charge in [-0.15, -0.1) is 12.3 Å². The fourth-order valence-electron chi connectivity index (χ4n) is 1.49. The molecule has 0 aliphatic carbocycles. The number of carboxylic acid groups (broad SMARTS) is 1. The Morgan fingerprint density at radius 1 is 1.53 bits per heavy atom. The van der Waals surface area contributed by atoms with Crippen molar-refractivity contribution in [2.45, 2.75) is 18.2 Å². The molecule has 0 amide bonds. The van der Waals surface area contributed by atoms with Crippen LogP contribution in [0.2, 0.25) is 5.02 Å². The van der Waals surface area contributed by atoms with E-state index in [2.05, 4.69) is 10.6 Å². The van der Waals surface area contributed by atoms with Gasteiger partial charge in [0.2, 0.25) is 10.0 Å². The van der Waals surface area contributed by atoms with Crippen molar-refractivity contribution in [3.63, 3.8) is 0 Å². The lowest BCUT2D eigenvalue weighted by Gasteiger charge is -2.11. The van der Waals surface area contributed by atoms with Gasteiger partial charge in [-0.1, -0.05) is 11.6 Å². The zero-order valence-electron chi connectivity index (χ0n) is 10.1. The van der Waals surface area contributed by atoms with Crippen LogP contribution in [0.1, 0.15) is 22.3 Å². The van der Waals surface area contributed by atoms with E-state index < -0.39 is 16.0 Å². The minimum absolute atomic E-state index is 0.0420. The lowest BCUT2D eigenvalue weighted by Crippen LogP contribution is -2.26. The number of halogens is 1. The van der Waals surface area contributed by atoms with Crippen LogP contribution in [-0.4, -0.2) is 26.0 Å². The van der Waals surface area contributed by atoms with E-state index in [1.54, 1.807) is 0 Å². The van der Waals surface area contributed by atoms with Gasteiger partial charge in [-0.05, 0) is 24.6 Å². The molecule has 1 aromatic rings. The van der Waals surface area contributed by atoms with E-state index in [0.29, 0.717) is 0 Å². The van der Waals surface area contributed by atoms with Gasteiger partial charge in [0.05, 0.1) is 10.5 Å². The Bertz CT molecular complexity index is 646. The highest BCUT2D eigenvalue weighted by Gasteiger charge is 2.21. The molecule has 19 heavy (non-hydrogen) atoms. The molecule has 0 heterocycles. The van der Waals surface area contributed by atoms with Crippen LogP contribution in [0, 0.1) is 19.3 Å². The lowest BCUT2D eigenvalue weighted by atomic mass is 10.1. The van der Waals surface area contributed by atoms with Gasteiger partial charge in [0.15, 0.2) is 0 Å². The van der Waals surface area contributed by atoms with Gasteiger partial charge in [0.25, 0.3) is 0 Å². The maximum absolute atomic E-state index is 12.0. The summed E-state index contributed by atoms with van der Waals surface area (Å²) in [6.45, 7) is 1.49. The van der Waals surface area contributed by atoms with E-state index in [-0.39, 0.29) is 34.0 Å². The molecular weight excluding hydrogens is 290 g/mol. The predicted octanol–water partition coefficient (Wildman–Crippen LogP) is 1.65. The largest absolute Gasteiger partial charge is 0.478 e. The molecule has 0 radical (unpaired) electrons. The number of terminal acetylenes is 1. The molecule has 0 fully saturated rings. The molecule has 1 rings (SSSR count). The standard InChI is InChI=1S/C12H12ClNO4S/c1-3-4-5-14-19(17,18)11-7-9(13)6-10(8(11)2)12(15)16/h1,6-7,14H,4-5H2,2H3,(H,15,16). The first-order valence-corrected chi connectivity index (χ1v) is 7.12. The van der Waals surface area contributed by atoms with Crippen LogP contribution >= 0.6 is 11.6 Å². The highest BCUT2D eigenvalue weighted by Crippen LogP contribution is 2.24. The average molecular weight is 302 g/mol. The van der Waals surface area contributed by atoms with Crippen molar-refractivity contribution in [1.29, 1.82) is 0 Å². The summed E-state index contributed by atoms with van der Waals surface area (Å²) in [5.74, 6) is 1.06. The van der Waals surface area contributed by atoms with Crippen LogP contribution in [0.15, 0.2) is 17.0 Å². The maximum atomic E-state index is 12.0. The molecule has 0 saturated carbocycles. The zero-order valence-corrected chi connectivity index (χ0v) is 11.7. The smallest absolute Gasteiger partial charge is 0.336 e. The van der Waals surface area contributed by atoms with Gasteiger partial charge in [-0.3, -0.25) is 0 Å². The molecule has 0 atom stereocenters. The molecule has 5 nitrogen and oxygen atoms in total. The second-order valence-electron chi connectivity index (χ2n) is 3.73. The summed E-state index contributed by atoms with van der Waals surface area (Å²) in [5.41, 5.74) is -0.0186. The van der Waals surface area contributed by atoms with Crippen molar-refractivity contribution in [2.75, 3.05) is 6.54 Å². The van der Waals surface area contributed by atoms with Crippen molar-refractivity contribution < 1.29 is 18.3 Å². The third-order valence-electron chi connectivity index (χ3n) is 2.41. The summed E-state index contributed by atoms with van der Waals surface area (Å²) in [4.78, 5) is 10.9. The highest BCUT2D eigenvalue weighted by atomic mass is 35.5. The van der Waals surface area contributed by atoms with E-state index in [0.717, 1.165) is 0 Å². The third kappa shape index (κ3) is 3.70. The number of carbonyl (C=O) groups is 1. The predicted molar refractivity (Wildman–Crippen MR) is 71.8 cm³/mol. The third-order valence-corrected chi connectivity index (χ3v) is 4.21. The van der Waals surface area contributed by atoms with Gasteiger partial charge in [-0.25, -0.2) is 17.9 Å². The van der Waals surface area contributed by atoms with E-state index in [4.69, 9.17) is 23.1 Å². The molecule has 0 aliphatic heterocycles. The lowest BCUT2D eigenvalue weighted by molar-refractivity contribution is 0.0696.